The van der Waals surface area contributed by atoms with Crippen LogP contribution in [0.25, 0.3) is 0 Å². The van der Waals surface area contributed by atoms with Crippen LogP contribution in [0.2, 0.25) is 0 Å². The maximum atomic E-state index is 11.7. The molecule has 1 aromatic heterocycles. The summed E-state index contributed by atoms with van der Waals surface area (Å²) in [5, 5.41) is 0.650. The molecule has 21 heavy (non-hydrogen) atoms. The lowest BCUT2D eigenvalue weighted by Gasteiger charge is -2.08. The van der Waals surface area contributed by atoms with Crippen LogP contribution in [0.5, 0.6) is 0 Å². The SMILES string of the molecule is CCCc1cc(=O)[nH]c(Sc2ccc(CCN)c(C)c2)n1. The molecule has 4 nitrogen and oxygen atoms in total. The molecule has 0 unspecified atom stereocenters. The Morgan fingerprint density at radius 2 is 2.10 bits per heavy atom. The first kappa shape index (κ1) is 15.8. The van der Waals surface area contributed by atoms with Crippen molar-refractivity contribution in [2.75, 3.05) is 6.54 Å². The molecule has 0 radical (unpaired) electrons. The minimum absolute atomic E-state index is 0.0903. The van der Waals surface area contributed by atoms with E-state index in [1.807, 2.05) is 0 Å². The fourth-order valence-electron chi connectivity index (χ4n) is 2.20. The second kappa shape index (κ2) is 7.43. The van der Waals surface area contributed by atoms with Crippen LogP contribution in [0.3, 0.4) is 0 Å². The van der Waals surface area contributed by atoms with E-state index in [1.54, 1.807) is 6.07 Å². The van der Waals surface area contributed by atoms with Gasteiger partial charge in [0.2, 0.25) is 0 Å². The molecule has 0 saturated carbocycles. The van der Waals surface area contributed by atoms with Gasteiger partial charge in [-0.15, -0.1) is 0 Å². The van der Waals surface area contributed by atoms with E-state index in [2.05, 4.69) is 42.0 Å². The Balaban J connectivity index is 2.21. The van der Waals surface area contributed by atoms with Gasteiger partial charge in [-0.05, 0) is 49.6 Å². The van der Waals surface area contributed by atoms with E-state index >= 15 is 0 Å². The Hall–Kier alpha value is -1.59. The van der Waals surface area contributed by atoms with Gasteiger partial charge in [-0.3, -0.25) is 4.79 Å². The van der Waals surface area contributed by atoms with Crippen LogP contribution in [-0.2, 0) is 12.8 Å². The van der Waals surface area contributed by atoms with Crippen LogP contribution in [0, 0.1) is 6.92 Å². The number of aromatic amines is 1. The summed E-state index contributed by atoms with van der Waals surface area (Å²) in [4.78, 5) is 20.0. The molecule has 0 bridgehead atoms. The zero-order valence-corrected chi connectivity index (χ0v) is 13.3. The van der Waals surface area contributed by atoms with Crippen LogP contribution in [0.15, 0.2) is 39.1 Å². The van der Waals surface area contributed by atoms with Gasteiger partial charge in [0.15, 0.2) is 5.16 Å². The van der Waals surface area contributed by atoms with E-state index in [-0.39, 0.29) is 5.56 Å². The van der Waals surface area contributed by atoms with E-state index < -0.39 is 0 Å². The van der Waals surface area contributed by atoms with Gasteiger partial charge in [-0.2, -0.15) is 0 Å². The monoisotopic (exact) mass is 303 g/mol. The summed E-state index contributed by atoms with van der Waals surface area (Å²) >= 11 is 1.48. The highest BCUT2D eigenvalue weighted by molar-refractivity contribution is 7.99. The number of benzene rings is 1. The number of nitrogens with one attached hydrogen (secondary N) is 1. The van der Waals surface area contributed by atoms with E-state index in [0.717, 1.165) is 29.9 Å². The molecule has 3 N–H and O–H groups in total. The standard InChI is InChI=1S/C16H21N3OS/c1-3-4-13-10-15(20)19-16(18-13)21-14-6-5-12(7-8-17)11(2)9-14/h5-6,9-10H,3-4,7-8,17H2,1-2H3,(H,18,19,20). The summed E-state index contributed by atoms with van der Waals surface area (Å²) < 4.78 is 0. The molecule has 0 aliphatic carbocycles. The molecule has 0 aliphatic rings. The lowest BCUT2D eigenvalue weighted by Crippen LogP contribution is -2.09. The molecule has 0 atom stereocenters. The van der Waals surface area contributed by atoms with E-state index in [9.17, 15) is 4.79 Å². The molecule has 1 heterocycles. The van der Waals surface area contributed by atoms with E-state index in [4.69, 9.17) is 5.73 Å². The van der Waals surface area contributed by atoms with Gasteiger partial charge in [0.1, 0.15) is 0 Å². The number of nitrogens with two attached hydrogens (primary N) is 1. The summed E-state index contributed by atoms with van der Waals surface area (Å²) in [6.45, 7) is 4.81. The number of hydrogen-bond donors (Lipinski definition) is 2. The highest BCUT2D eigenvalue weighted by Gasteiger charge is 2.05. The van der Waals surface area contributed by atoms with Crippen LogP contribution in [-0.4, -0.2) is 16.5 Å². The summed E-state index contributed by atoms with van der Waals surface area (Å²) in [7, 11) is 0. The Kier molecular flexibility index (Phi) is 5.59. The van der Waals surface area contributed by atoms with E-state index in [1.165, 1.54) is 22.9 Å². The van der Waals surface area contributed by atoms with Gasteiger partial charge in [0.05, 0.1) is 0 Å². The smallest absolute Gasteiger partial charge is 0.251 e. The number of aromatic nitrogens is 2. The molecule has 5 heteroatoms. The minimum Gasteiger partial charge on any atom is -0.330 e. The first-order chi connectivity index (χ1) is 10.1. The molecular weight excluding hydrogens is 282 g/mol. The maximum Gasteiger partial charge on any atom is 0.251 e. The summed E-state index contributed by atoms with van der Waals surface area (Å²) in [5.74, 6) is 0. The molecule has 1 aromatic carbocycles. The van der Waals surface area contributed by atoms with Crippen molar-refractivity contribution in [1.29, 1.82) is 0 Å². The highest BCUT2D eigenvalue weighted by Crippen LogP contribution is 2.26. The van der Waals surface area contributed by atoms with Crippen LogP contribution >= 0.6 is 11.8 Å². The third-order valence-electron chi connectivity index (χ3n) is 3.22. The second-order valence-corrected chi connectivity index (χ2v) is 6.08. The van der Waals surface area contributed by atoms with Crippen molar-refractivity contribution < 1.29 is 0 Å². The molecule has 0 spiro atoms. The summed E-state index contributed by atoms with van der Waals surface area (Å²) in [5.41, 5.74) is 8.84. The molecule has 0 saturated heterocycles. The number of aryl methyl sites for hydroxylation is 2. The molecule has 2 rings (SSSR count). The molecule has 0 fully saturated rings. The lowest BCUT2D eigenvalue weighted by atomic mass is 10.1. The van der Waals surface area contributed by atoms with Crippen molar-refractivity contribution in [2.24, 2.45) is 5.73 Å². The fraction of sp³-hybridized carbons (Fsp3) is 0.375. The Morgan fingerprint density at radius 1 is 1.29 bits per heavy atom. The lowest BCUT2D eigenvalue weighted by molar-refractivity contribution is 0.816. The van der Waals surface area contributed by atoms with Crippen molar-refractivity contribution in [3.05, 3.63) is 51.4 Å². The first-order valence-corrected chi connectivity index (χ1v) is 8.01. The van der Waals surface area contributed by atoms with Gasteiger partial charge < -0.3 is 10.7 Å². The van der Waals surface area contributed by atoms with Crippen LogP contribution in [0.4, 0.5) is 0 Å². The van der Waals surface area contributed by atoms with Crippen molar-refractivity contribution in [1.82, 2.24) is 9.97 Å². The number of hydrogen-bond acceptors (Lipinski definition) is 4. The third-order valence-corrected chi connectivity index (χ3v) is 4.10. The Labute approximate surface area is 129 Å². The molecule has 2 aromatic rings. The van der Waals surface area contributed by atoms with Crippen molar-refractivity contribution in [2.45, 2.75) is 43.2 Å². The Morgan fingerprint density at radius 3 is 2.76 bits per heavy atom. The zero-order chi connectivity index (χ0) is 15.2. The highest BCUT2D eigenvalue weighted by atomic mass is 32.2. The van der Waals surface area contributed by atoms with Gasteiger partial charge in [0, 0.05) is 16.7 Å². The maximum absolute atomic E-state index is 11.7. The number of nitrogens with zero attached hydrogens (tertiary/aromatic N) is 1. The van der Waals surface area contributed by atoms with Crippen molar-refractivity contribution in [3.8, 4) is 0 Å². The first-order valence-electron chi connectivity index (χ1n) is 7.20. The zero-order valence-electron chi connectivity index (χ0n) is 12.5. The third kappa shape index (κ3) is 4.44. The average molecular weight is 303 g/mol. The van der Waals surface area contributed by atoms with Gasteiger partial charge >= 0.3 is 0 Å². The van der Waals surface area contributed by atoms with Crippen molar-refractivity contribution >= 4 is 11.8 Å². The predicted octanol–water partition coefficient (Wildman–Crippen LogP) is 2.68. The molecule has 0 aliphatic heterocycles. The normalized spacial score (nSPS) is 10.8. The van der Waals surface area contributed by atoms with Crippen LogP contribution < -0.4 is 11.3 Å². The van der Waals surface area contributed by atoms with Gasteiger partial charge in [0.25, 0.3) is 5.56 Å². The van der Waals surface area contributed by atoms with Gasteiger partial charge in [-0.1, -0.05) is 31.2 Å². The number of rotatable bonds is 6. The molecule has 112 valence electrons. The summed E-state index contributed by atoms with van der Waals surface area (Å²) in [6.07, 6.45) is 2.69. The van der Waals surface area contributed by atoms with Crippen molar-refractivity contribution in [3.63, 3.8) is 0 Å². The summed E-state index contributed by atoms with van der Waals surface area (Å²) in [6, 6.07) is 7.83. The van der Waals surface area contributed by atoms with Crippen LogP contribution in [0.1, 0.15) is 30.2 Å². The minimum atomic E-state index is -0.0903. The second-order valence-electron chi connectivity index (χ2n) is 5.02. The molecular formula is C16H21N3OS. The number of H-pyrrole nitrogens is 1. The quantitative estimate of drug-likeness (QED) is 0.805. The fourth-order valence-corrected chi connectivity index (χ4v) is 3.11. The average Bonchev–Trinajstić information content (AvgIpc) is 2.42. The van der Waals surface area contributed by atoms with Gasteiger partial charge in [-0.25, -0.2) is 4.98 Å². The topological polar surface area (TPSA) is 71.8 Å². The molecule has 0 amide bonds. The largest absolute Gasteiger partial charge is 0.330 e. The van der Waals surface area contributed by atoms with E-state index in [0.29, 0.717) is 11.7 Å². The Bertz CT molecular complexity index is 667. The predicted molar refractivity (Wildman–Crippen MR) is 86.9 cm³/mol.